The van der Waals surface area contributed by atoms with Crippen LogP contribution in [0.5, 0.6) is 0 Å². The van der Waals surface area contributed by atoms with Gasteiger partial charge < -0.3 is 14.2 Å². The first-order valence-electron chi connectivity index (χ1n) is 6.61. The Morgan fingerprint density at radius 3 is 2.68 bits per heavy atom. The first-order valence-corrected chi connectivity index (χ1v) is 7.49. The van der Waals surface area contributed by atoms with E-state index in [1.807, 2.05) is 0 Å². The maximum Gasteiger partial charge on any atom is 0.321 e. The van der Waals surface area contributed by atoms with Crippen molar-refractivity contribution in [3.05, 3.63) is 18.4 Å². The summed E-state index contributed by atoms with van der Waals surface area (Å²) in [6, 6.07) is 2.81. The number of nitrogens with zero attached hydrogens (tertiary/aromatic N) is 2. The van der Waals surface area contributed by atoms with Gasteiger partial charge in [-0.25, -0.2) is 4.79 Å². The predicted molar refractivity (Wildman–Crippen MR) is 79.1 cm³/mol. The SMILES string of the molecule is CC(C)NC(=O)NC(=O)[C@@H](C)Sc1nnc(-c2ccco2)o1. The number of carbonyl (C=O) groups is 2. The van der Waals surface area contributed by atoms with Gasteiger partial charge in [-0.2, -0.15) is 0 Å². The average molecular weight is 324 g/mol. The fourth-order valence-electron chi connectivity index (χ4n) is 1.47. The molecule has 0 radical (unpaired) electrons. The molecule has 118 valence electrons. The molecule has 0 aliphatic rings. The Bertz CT molecular complexity index is 638. The molecule has 2 aromatic heterocycles. The highest BCUT2D eigenvalue weighted by atomic mass is 32.2. The van der Waals surface area contributed by atoms with Crippen molar-refractivity contribution in [3.63, 3.8) is 0 Å². The minimum absolute atomic E-state index is 0.0532. The third-order valence-electron chi connectivity index (χ3n) is 2.44. The van der Waals surface area contributed by atoms with E-state index in [1.54, 1.807) is 32.9 Å². The summed E-state index contributed by atoms with van der Waals surface area (Å²) < 4.78 is 10.5. The summed E-state index contributed by atoms with van der Waals surface area (Å²) in [6.45, 7) is 5.24. The molecule has 0 aromatic carbocycles. The van der Waals surface area contributed by atoms with E-state index in [1.165, 1.54) is 6.26 Å². The van der Waals surface area contributed by atoms with Crippen LogP contribution in [0.2, 0.25) is 0 Å². The Kier molecular flexibility index (Phi) is 5.21. The zero-order valence-corrected chi connectivity index (χ0v) is 13.1. The number of rotatable bonds is 5. The molecular weight excluding hydrogens is 308 g/mol. The third-order valence-corrected chi connectivity index (χ3v) is 3.38. The highest BCUT2D eigenvalue weighted by molar-refractivity contribution is 8.00. The number of hydrogen-bond acceptors (Lipinski definition) is 7. The summed E-state index contributed by atoms with van der Waals surface area (Å²) >= 11 is 1.06. The Labute approximate surface area is 131 Å². The number of furan rings is 1. The van der Waals surface area contributed by atoms with Gasteiger partial charge in [0, 0.05) is 6.04 Å². The highest BCUT2D eigenvalue weighted by Gasteiger charge is 2.21. The lowest BCUT2D eigenvalue weighted by atomic mass is 10.4. The molecule has 2 heterocycles. The molecule has 22 heavy (non-hydrogen) atoms. The van der Waals surface area contributed by atoms with E-state index in [9.17, 15) is 9.59 Å². The summed E-state index contributed by atoms with van der Waals surface area (Å²) in [7, 11) is 0. The van der Waals surface area contributed by atoms with Crippen LogP contribution in [0.25, 0.3) is 11.7 Å². The average Bonchev–Trinajstić information content (AvgIpc) is 3.07. The Hall–Kier alpha value is -2.29. The zero-order chi connectivity index (χ0) is 16.1. The lowest BCUT2D eigenvalue weighted by Gasteiger charge is -2.11. The van der Waals surface area contributed by atoms with E-state index >= 15 is 0 Å². The van der Waals surface area contributed by atoms with E-state index in [4.69, 9.17) is 8.83 Å². The van der Waals surface area contributed by atoms with E-state index in [0.717, 1.165) is 11.8 Å². The van der Waals surface area contributed by atoms with Crippen molar-refractivity contribution in [1.82, 2.24) is 20.8 Å². The van der Waals surface area contributed by atoms with Crippen molar-refractivity contribution < 1.29 is 18.4 Å². The number of thioether (sulfide) groups is 1. The fraction of sp³-hybridized carbons (Fsp3) is 0.385. The molecule has 0 fully saturated rings. The molecule has 3 amide bonds. The minimum Gasteiger partial charge on any atom is -0.459 e. The second-order valence-corrected chi connectivity index (χ2v) is 6.02. The standard InChI is InChI=1S/C13H16N4O4S/c1-7(2)14-12(19)15-10(18)8(3)22-13-17-16-11(21-13)9-5-4-6-20-9/h4-8H,1-3H3,(H2,14,15,18,19)/t8-/m1/s1. The summed E-state index contributed by atoms with van der Waals surface area (Å²) in [6.07, 6.45) is 1.50. The van der Waals surface area contributed by atoms with Crippen LogP contribution in [0, 0.1) is 0 Å². The topological polar surface area (TPSA) is 110 Å². The number of amides is 3. The van der Waals surface area contributed by atoms with Gasteiger partial charge in [-0.05, 0) is 32.9 Å². The first-order chi connectivity index (χ1) is 10.5. The molecule has 0 unspecified atom stereocenters. The number of urea groups is 1. The third kappa shape index (κ3) is 4.35. The molecule has 0 aliphatic carbocycles. The van der Waals surface area contributed by atoms with Crippen LogP contribution in [-0.2, 0) is 4.79 Å². The van der Waals surface area contributed by atoms with E-state index < -0.39 is 17.2 Å². The van der Waals surface area contributed by atoms with Gasteiger partial charge in [0.25, 0.3) is 11.1 Å². The summed E-state index contributed by atoms with van der Waals surface area (Å²) in [5.74, 6) is 0.242. The lowest BCUT2D eigenvalue weighted by molar-refractivity contribution is -0.119. The van der Waals surface area contributed by atoms with Crippen LogP contribution >= 0.6 is 11.8 Å². The second-order valence-electron chi connectivity index (χ2n) is 4.73. The lowest BCUT2D eigenvalue weighted by Crippen LogP contribution is -2.45. The Balaban J connectivity index is 1.90. The van der Waals surface area contributed by atoms with Gasteiger partial charge in [0.2, 0.25) is 5.91 Å². The Morgan fingerprint density at radius 1 is 1.27 bits per heavy atom. The Morgan fingerprint density at radius 2 is 2.05 bits per heavy atom. The van der Waals surface area contributed by atoms with Crippen LogP contribution in [0.1, 0.15) is 20.8 Å². The van der Waals surface area contributed by atoms with E-state index in [2.05, 4.69) is 20.8 Å². The molecule has 0 aliphatic heterocycles. The van der Waals surface area contributed by atoms with Crippen LogP contribution < -0.4 is 10.6 Å². The van der Waals surface area contributed by atoms with Crippen molar-refractivity contribution in [1.29, 1.82) is 0 Å². The predicted octanol–water partition coefficient (Wildman–Crippen LogP) is 2.04. The second kappa shape index (κ2) is 7.12. The van der Waals surface area contributed by atoms with Gasteiger partial charge in [0.1, 0.15) is 0 Å². The van der Waals surface area contributed by atoms with Gasteiger partial charge in [0.05, 0.1) is 11.5 Å². The maximum absolute atomic E-state index is 11.9. The van der Waals surface area contributed by atoms with Gasteiger partial charge >= 0.3 is 6.03 Å². The molecular formula is C13H16N4O4S. The number of imide groups is 1. The molecule has 2 N–H and O–H groups in total. The quantitative estimate of drug-likeness (QED) is 0.810. The fourth-order valence-corrected chi connectivity index (χ4v) is 2.16. The molecule has 0 saturated carbocycles. The van der Waals surface area contributed by atoms with Gasteiger partial charge in [-0.3, -0.25) is 10.1 Å². The van der Waals surface area contributed by atoms with Crippen molar-refractivity contribution in [3.8, 4) is 11.7 Å². The zero-order valence-electron chi connectivity index (χ0n) is 12.3. The number of carbonyl (C=O) groups excluding carboxylic acids is 2. The van der Waals surface area contributed by atoms with Crippen LogP contribution in [-0.4, -0.2) is 33.4 Å². The monoisotopic (exact) mass is 324 g/mol. The van der Waals surface area contributed by atoms with Crippen LogP contribution in [0.15, 0.2) is 32.5 Å². The number of aromatic nitrogens is 2. The molecule has 2 rings (SSSR count). The van der Waals surface area contributed by atoms with Crippen molar-refractivity contribution >= 4 is 23.7 Å². The number of hydrogen-bond donors (Lipinski definition) is 2. The van der Waals surface area contributed by atoms with E-state index in [0.29, 0.717) is 5.76 Å². The molecule has 0 bridgehead atoms. The van der Waals surface area contributed by atoms with Crippen molar-refractivity contribution in [2.24, 2.45) is 0 Å². The molecule has 2 aromatic rings. The minimum atomic E-state index is -0.567. The summed E-state index contributed by atoms with van der Waals surface area (Å²) in [5, 5.41) is 12.1. The van der Waals surface area contributed by atoms with Gasteiger partial charge in [-0.1, -0.05) is 11.8 Å². The van der Waals surface area contributed by atoms with Gasteiger partial charge in [0.15, 0.2) is 5.76 Å². The highest BCUT2D eigenvalue weighted by Crippen LogP contribution is 2.26. The van der Waals surface area contributed by atoms with Crippen LogP contribution in [0.4, 0.5) is 4.79 Å². The summed E-state index contributed by atoms with van der Waals surface area (Å²) in [5.41, 5.74) is 0. The molecule has 0 spiro atoms. The summed E-state index contributed by atoms with van der Waals surface area (Å²) in [4.78, 5) is 23.3. The van der Waals surface area contributed by atoms with Gasteiger partial charge in [-0.15, -0.1) is 10.2 Å². The van der Waals surface area contributed by atoms with Crippen molar-refractivity contribution in [2.75, 3.05) is 0 Å². The maximum atomic E-state index is 11.9. The molecule has 8 nitrogen and oxygen atoms in total. The smallest absolute Gasteiger partial charge is 0.321 e. The first kappa shape index (κ1) is 16.1. The van der Waals surface area contributed by atoms with E-state index in [-0.39, 0.29) is 17.2 Å². The van der Waals surface area contributed by atoms with Crippen molar-refractivity contribution in [2.45, 2.75) is 37.3 Å². The molecule has 1 atom stereocenters. The largest absolute Gasteiger partial charge is 0.459 e. The molecule has 0 saturated heterocycles. The van der Waals surface area contributed by atoms with Crippen LogP contribution in [0.3, 0.4) is 0 Å². The normalized spacial score (nSPS) is 12.2. The number of nitrogens with one attached hydrogen (secondary N) is 2. The molecule has 9 heteroatoms.